The number of aromatic nitrogens is 3. The normalized spacial score (nSPS) is 17.3. The summed E-state index contributed by atoms with van der Waals surface area (Å²) in [5, 5.41) is 14.8. The Morgan fingerprint density at radius 1 is 1.31 bits per heavy atom. The van der Waals surface area contributed by atoms with Crippen molar-refractivity contribution < 1.29 is 9.90 Å². The molecule has 0 aromatic carbocycles. The van der Waals surface area contributed by atoms with Gasteiger partial charge in [-0.25, -0.2) is 0 Å². The second-order valence-corrected chi connectivity index (χ2v) is 7.47. The molecule has 1 N–H and O–H groups in total. The minimum atomic E-state index is -0.617. The summed E-state index contributed by atoms with van der Waals surface area (Å²) < 4.78 is 1.90. The average Bonchev–Trinajstić information content (AvgIpc) is 3.25. The van der Waals surface area contributed by atoms with Crippen molar-refractivity contribution in [1.82, 2.24) is 24.6 Å². The summed E-state index contributed by atoms with van der Waals surface area (Å²) in [5.74, 6) is 0.0232. The third kappa shape index (κ3) is 3.24. The molecule has 2 aliphatic rings. The molecule has 4 rings (SSSR count). The number of pyridine rings is 1. The Bertz CT molecular complexity index is 829. The predicted octanol–water partition coefficient (Wildman–Crippen LogP) is 1.02. The van der Waals surface area contributed by atoms with E-state index in [9.17, 15) is 9.90 Å². The van der Waals surface area contributed by atoms with Crippen LogP contribution in [0.15, 0.2) is 18.3 Å². The second kappa shape index (κ2) is 6.81. The molecule has 0 radical (unpaired) electrons. The van der Waals surface area contributed by atoms with E-state index in [4.69, 9.17) is 0 Å². The summed E-state index contributed by atoms with van der Waals surface area (Å²) in [6.45, 7) is 2.30. The third-order valence-corrected chi connectivity index (χ3v) is 5.15. The van der Waals surface area contributed by atoms with Crippen LogP contribution in [0.5, 0.6) is 0 Å². The van der Waals surface area contributed by atoms with Crippen LogP contribution in [0.4, 0.5) is 0 Å². The van der Waals surface area contributed by atoms with Gasteiger partial charge in [0.1, 0.15) is 6.10 Å². The van der Waals surface area contributed by atoms with Gasteiger partial charge in [-0.3, -0.25) is 14.5 Å². The summed E-state index contributed by atoms with van der Waals surface area (Å²) in [7, 11) is 3.84. The zero-order valence-corrected chi connectivity index (χ0v) is 15.4. The number of carbonyl (C=O) groups is 1. The van der Waals surface area contributed by atoms with Gasteiger partial charge in [0, 0.05) is 25.0 Å². The number of aliphatic hydroxyl groups is 1. The quantitative estimate of drug-likeness (QED) is 0.886. The molecule has 2 aromatic rings. The Kier molecular flexibility index (Phi) is 4.50. The lowest BCUT2D eigenvalue weighted by Gasteiger charge is -2.27. The van der Waals surface area contributed by atoms with E-state index in [1.54, 1.807) is 6.20 Å². The standard InChI is InChI=1S/C19H25N5O2/c1-22(2)12-18(25)17-9-15-11-23(6-7-24(15)21-17)19(26)14-8-13-4-3-5-16(13)20-10-14/h8-10,18,25H,3-7,11-12H2,1-2H3/t18-/m1/s1. The van der Waals surface area contributed by atoms with E-state index in [1.807, 2.05) is 40.7 Å². The molecule has 7 heteroatoms. The summed E-state index contributed by atoms with van der Waals surface area (Å²) in [4.78, 5) is 21.1. The van der Waals surface area contributed by atoms with Crippen LogP contribution in [0.3, 0.4) is 0 Å². The smallest absolute Gasteiger partial charge is 0.255 e. The van der Waals surface area contributed by atoms with Crippen LogP contribution in [0.2, 0.25) is 0 Å². The van der Waals surface area contributed by atoms with Crippen molar-refractivity contribution in [2.75, 3.05) is 27.2 Å². The van der Waals surface area contributed by atoms with Gasteiger partial charge in [-0.2, -0.15) is 5.10 Å². The maximum Gasteiger partial charge on any atom is 0.255 e. The van der Waals surface area contributed by atoms with Gasteiger partial charge in [-0.15, -0.1) is 0 Å². The van der Waals surface area contributed by atoms with Gasteiger partial charge in [-0.1, -0.05) is 0 Å². The number of aliphatic hydroxyl groups excluding tert-OH is 1. The lowest BCUT2D eigenvalue weighted by atomic mass is 10.1. The van der Waals surface area contributed by atoms with Gasteiger partial charge < -0.3 is 14.9 Å². The van der Waals surface area contributed by atoms with Crippen LogP contribution >= 0.6 is 0 Å². The van der Waals surface area contributed by atoms with Crippen LogP contribution in [-0.2, 0) is 25.9 Å². The zero-order valence-electron chi connectivity index (χ0n) is 15.4. The summed E-state index contributed by atoms with van der Waals surface area (Å²) in [6, 6.07) is 3.92. The molecule has 26 heavy (non-hydrogen) atoms. The highest BCUT2D eigenvalue weighted by Gasteiger charge is 2.26. The summed E-state index contributed by atoms with van der Waals surface area (Å²) >= 11 is 0. The lowest BCUT2D eigenvalue weighted by Crippen LogP contribution is -2.38. The van der Waals surface area contributed by atoms with Gasteiger partial charge in [-0.05, 0) is 51.1 Å². The monoisotopic (exact) mass is 355 g/mol. The number of aryl methyl sites for hydroxylation is 2. The Hall–Kier alpha value is -2.25. The molecule has 0 bridgehead atoms. The number of carbonyl (C=O) groups excluding carboxylic acids is 1. The number of amides is 1. The number of likely N-dealkylation sites (N-methyl/N-ethyl adjacent to an activating group) is 1. The van der Waals surface area contributed by atoms with Crippen molar-refractivity contribution in [3.63, 3.8) is 0 Å². The fourth-order valence-corrected chi connectivity index (χ4v) is 3.79. The van der Waals surface area contributed by atoms with E-state index >= 15 is 0 Å². The van der Waals surface area contributed by atoms with Crippen molar-refractivity contribution in [3.05, 3.63) is 46.5 Å². The highest BCUT2D eigenvalue weighted by Crippen LogP contribution is 2.23. The highest BCUT2D eigenvalue weighted by molar-refractivity contribution is 5.94. The Morgan fingerprint density at radius 3 is 2.96 bits per heavy atom. The second-order valence-electron chi connectivity index (χ2n) is 7.47. The minimum absolute atomic E-state index is 0.0232. The average molecular weight is 355 g/mol. The molecule has 1 atom stereocenters. The van der Waals surface area contributed by atoms with Crippen LogP contribution < -0.4 is 0 Å². The summed E-state index contributed by atoms with van der Waals surface area (Å²) in [6.07, 6.45) is 4.26. The molecule has 7 nitrogen and oxygen atoms in total. The van der Waals surface area contributed by atoms with Crippen molar-refractivity contribution in [2.24, 2.45) is 0 Å². The van der Waals surface area contributed by atoms with Crippen LogP contribution in [0, 0.1) is 0 Å². The fourth-order valence-electron chi connectivity index (χ4n) is 3.79. The van der Waals surface area contributed by atoms with Gasteiger partial charge in [0.2, 0.25) is 0 Å². The van der Waals surface area contributed by atoms with Crippen molar-refractivity contribution >= 4 is 5.91 Å². The van der Waals surface area contributed by atoms with Gasteiger partial charge in [0.15, 0.2) is 0 Å². The first-order valence-electron chi connectivity index (χ1n) is 9.18. The molecule has 3 heterocycles. The van der Waals surface area contributed by atoms with Crippen molar-refractivity contribution in [2.45, 2.75) is 38.5 Å². The van der Waals surface area contributed by atoms with Crippen molar-refractivity contribution in [3.8, 4) is 0 Å². The fraction of sp³-hybridized carbons (Fsp3) is 0.526. The minimum Gasteiger partial charge on any atom is -0.385 e. The van der Waals surface area contributed by atoms with Crippen LogP contribution in [0.25, 0.3) is 0 Å². The molecule has 1 aliphatic heterocycles. The number of hydrogen-bond donors (Lipinski definition) is 1. The number of fused-ring (bicyclic) bond motifs is 2. The maximum atomic E-state index is 12.9. The van der Waals surface area contributed by atoms with Crippen molar-refractivity contribution in [1.29, 1.82) is 0 Å². The number of hydrogen-bond acceptors (Lipinski definition) is 5. The number of rotatable bonds is 4. The molecule has 2 aromatic heterocycles. The topological polar surface area (TPSA) is 74.5 Å². The van der Waals surface area contributed by atoms with E-state index in [-0.39, 0.29) is 5.91 Å². The Balaban J connectivity index is 1.49. The molecular weight excluding hydrogens is 330 g/mol. The Morgan fingerprint density at radius 2 is 2.15 bits per heavy atom. The molecule has 0 saturated heterocycles. The largest absolute Gasteiger partial charge is 0.385 e. The molecule has 0 fully saturated rings. The van der Waals surface area contributed by atoms with E-state index in [0.717, 1.165) is 30.7 Å². The van der Waals surface area contributed by atoms with E-state index in [1.165, 1.54) is 5.56 Å². The van der Waals surface area contributed by atoms with Gasteiger partial charge in [0.25, 0.3) is 5.91 Å². The van der Waals surface area contributed by atoms with E-state index < -0.39 is 6.10 Å². The lowest BCUT2D eigenvalue weighted by molar-refractivity contribution is 0.0705. The molecule has 0 saturated carbocycles. The molecule has 138 valence electrons. The van der Waals surface area contributed by atoms with Gasteiger partial charge >= 0.3 is 0 Å². The zero-order chi connectivity index (χ0) is 18.3. The SMILES string of the molecule is CN(C)C[C@@H](O)c1cc2n(n1)CCN(C(=O)c1cnc3c(c1)CCC3)C2. The first-order valence-corrected chi connectivity index (χ1v) is 9.18. The van der Waals surface area contributed by atoms with E-state index in [2.05, 4.69) is 10.1 Å². The first-order chi connectivity index (χ1) is 12.5. The molecule has 1 amide bonds. The van der Waals surface area contributed by atoms with Crippen LogP contribution in [-0.4, -0.2) is 62.8 Å². The Labute approximate surface area is 153 Å². The first kappa shape index (κ1) is 17.2. The molecule has 0 spiro atoms. The predicted molar refractivity (Wildman–Crippen MR) is 96.7 cm³/mol. The molecule has 0 unspecified atom stereocenters. The van der Waals surface area contributed by atoms with E-state index in [0.29, 0.717) is 37.4 Å². The highest BCUT2D eigenvalue weighted by atomic mass is 16.3. The molecular formula is C19H25N5O2. The number of nitrogens with zero attached hydrogens (tertiary/aromatic N) is 5. The summed E-state index contributed by atoms with van der Waals surface area (Å²) in [5.41, 5.74) is 4.66. The maximum absolute atomic E-state index is 12.9. The molecule has 1 aliphatic carbocycles. The van der Waals surface area contributed by atoms with Crippen LogP contribution in [0.1, 0.15) is 45.5 Å². The third-order valence-electron chi connectivity index (χ3n) is 5.15. The van der Waals surface area contributed by atoms with Gasteiger partial charge in [0.05, 0.1) is 30.0 Å².